The van der Waals surface area contributed by atoms with Crippen LogP contribution in [-0.4, -0.2) is 39.6 Å². The summed E-state index contributed by atoms with van der Waals surface area (Å²) in [6.45, 7) is 4.82. The lowest BCUT2D eigenvalue weighted by Gasteiger charge is -2.13. The van der Waals surface area contributed by atoms with E-state index in [9.17, 15) is 9.18 Å². The van der Waals surface area contributed by atoms with Crippen molar-refractivity contribution in [2.75, 3.05) is 24.3 Å². The van der Waals surface area contributed by atoms with Crippen molar-refractivity contribution in [3.8, 4) is 22.9 Å². The van der Waals surface area contributed by atoms with Crippen molar-refractivity contribution < 1.29 is 18.7 Å². The van der Waals surface area contributed by atoms with E-state index in [1.165, 1.54) is 17.8 Å². The van der Waals surface area contributed by atoms with E-state index in [0.29, 0.717) is 46.9 Å². The lowest BCUT2D eigenvalue weighted by molar-refractivity contribution is -0.113. The molecule has 1 N–H and O–H groups in total. The van der Waals surface area contributed by atoms with E-state index < -0.39 is 0 Å². The molecule has 1 aromatic heterocycles. The number of aromatic nitrogens is 3. The Labute approximate surface area is 190 Å². The van der Waals surface area contributed by atoms with Crippen molar-refractivity contribution in [1.82, 2.24) is 14.8 Å². The smallest absolute Gasteiger partial charge is 0.234 e. The Balaban J connectivity index is 1.45. The minimum absolute atomic E-state index is 0.152. The number of amides is 1. The first-order chi connectivity index (χ1) is 15.6. The molecule has 4 rings (SSSR count). The number of halogens is 1. The number of carbonyl (C=O) groups is 1. The molecule has 1 aliphatic carbocycles. The van der Waals surface area contributed by atoms with Crippen molar-refractivity contribution in [3.05, 3.63) is 48.3 Å². The Morgan fingerprint density at radius 1 is 1.12 bits per heavy atom. The molecule has 0 unspecified atom stereocenters. The predicted molar refractivity (Wildman–Crippen MR) is 122 cm³/mol. The molecule has 1 fully saturated rings. The fraction of sp³-hybridized carbons (Fsp3) is 0.348. The third-order valence-corrected chi connectivity index (χ3v) is 5.79. The van der Waals surface area contributed by atoms with Gasteiger partial charge in [0.25, 0.3) is 0 Å². The van der Waals surface area contributed by atoms with Crippen molar-refractivity contribution in [2.45, 2.75) is 37.9 Å². The van der Waals surface area contributed by atoms with Crippen LogP contribution in [0.15, 0.2) is 47.6 Å². The quantitative estimate of drug-likeness (QED) is 0.435. The Morgan fingerprint density at radius 3 is 2.59 bits per heavy atom. The Morgan fingerprint density at radius 2 is 1.88 bits per heavy atom. The van der Waals surface area contributed by atoms with Crippen LogP contribution in [-0.2, 0) is 4.79 Å². The first-order valence-electron chi connectivity index (χ1n) is 10.6. The van der Waals surface area contributed by atoms with Gasteiger partial charge in [-0.25, -0.2) is 4.39 Å². The van der Waals surface area contributed by atoms with Gasteiger partial charge in [-0.05, 0) is 51.0 Å². The Hall–Kier alpha value is -3.07. The molecule has 1 heterocycles. The molecule has 0 aliphatic heterocycles. The summed E-state index contributed by atoms with van der Waals surface area (Å²) in [6.07, 6.45) is 1.98. The molecule has 9 heteroatoms. The van der Waals surface area contributed by atoms with Crippen LogP contribution in [0.1, 0.15) is 32.7 Å². The molecule has 7 nitrogen and oxygen atoms in total. The van der Waals surface area contributed by atoms with E-state index in [1.54, 1.807) is 36.4 Å². The number of ether oxygens (including phenoxy) is 2. The molecule has 1 saturated carbocycles. The number of hydrogen-bond acceptors (Lipinski definition) is 6. The van der Waals surface area contributed by atoms with Crippen LogP contribution in [0.5, 0.6) is 11.5 Å². The fourth-order valence-electron chi connectivity index (χ4n) is 3.32. The van der Waals surface area contributed by atoms with E-state index in [1.807, 2.05) is 18.4 Å². The van der Waals surface area contributed by atoms with Gasteiger partial charge in [0.15, 0.2) is 22.5 Å². The second-order valence-corrected chi connectivity index (χ2v) is 8.19. The lowest BCUT2D eigenvalue weighted by atomic mass is 10.2. The van der Waals surface area contributed by atoms with Gasteiger partial charge < -0.3 is 14.8 Å². The highest BCUT2D eigenvalue weighted by molar-refractivity contribution is 7.99. The highest BCUT2D eigenvalue weighted by Gasteiger charge is 2.31. The predicted octanol–water partition coefficient (Wildman–Crippen LogP) is 4.95. The van der Waals surface area contributed by atoms with E-state index in [4.69, 9.17) is 9.47 Å². The molecular weight excluding hydrogens is 431 g/mol. The van der Waals surface area contributed by atoms with E-state index in [2.05, 4.69) is 15.5 Å². The van der Waals surface area contributed by atoms with Crippen LogP contribution < -0.4 is 14.8 Å². The number of hydrogen-bond donors (Lipinski definition) is 1. The van der Waals surface area contributed by atoms with Gasteiger partial charge in [0.1, 0.15) is 5.82 Å². The molecule has 2 aromatic carbocycles. The van der Waals surface area contributed by atoms with Crippen LogP contribution in [0.4, 0.5) is 10.1 Å². The highest BCUT2D eigenvalue weighted by atomic mass is 32.2. The van der Waals surface area contributed by atoms with Crippen molar-refractivity contribution in [2.24, 2.45) is 0 Å². The molecule has 0 spiro atoms. The minimum atomic E-state index is -0.336. The number of thioether (sulfide) groups is 1. The minimum Gasteiger partial charge on any atom is -0.490 e. The number of anilines is 1. The maximum absolute atomic E-state index is 14.3. The summed E-state index contributed by atoms with van der Waals surface area (Å²) >= 11 is 1.29. The second-order valence-electron chi connectivity index (χ2n) is 7.25. The van der Waals surface area contributed by atoms with E-state index >= 15 is 0 Å². The maximum Gasteiger partial charge on any atom is 0.234 e. The largest absolute Gasteiger partial charge is 0.490 e. The number of carbonyl (C=O) groups excluding carboxylic acids is 1. The average Bonchev–Trinajstić information content (AvgIpc) is 3.54. The molecule has 1 aliphatic rings. The summed E-state index contributed by atoms with van der Waals surface area (Å²) in [5.41, 5.74) is 1.04. The van der Waals surface area contributed by atoms with Crippen LogP contribution in [0, 0.1) is 5.82 Å². The number of rotatable bonds is 10. The SMILES string of the molecule is CCOc1ccc(NC(=O)CSc2nnc(-c3ccccc3F)n2C2CC2)cc1OCC. The zero-order valence-corrected chi connectivity index (χ0v) is 18.8. The van der Waals surface area contributed by atoms with Crippen LogP contribution in [0.2, 0.25) is 0 Å². The van der Waals surface area contributed by atoms with Gasteiger partial charge in [0.05, 0.1) is 24.5 Å². The molecule has 1 amide bonds. The summed E-state index contributed by atoms with van der Waals surface area (Å²) in [5.74, 6) is 1.36. The topological polar surface area (TPSA) is 78.3 Å². The first-order valence-corrected chi connectivity index (χ1v) is 11.6. The zero-order valence-electron chi connectivity index (χ0n) is 18.0. The number of nitrogens with zero attached hydrogens (tertiary/aromatic N) is 3. The van der Waals surface area contributed by atoms with Crippen LogP contribution in [0.25, 0.3) is 11.4 Å². The summed E-state index contributed by atoms with van der Waals surface area (Å²) in [4.78, 5) is 12.6. The van der Waals surface area contributed by atoms with Crippen LogP contribution >= 0.6 is 11.8 Å². The second kappa shape index (κ2) is 10.0. The lowest BCUT2D eigenvalue weighted by Crippen LogP contribution is -2.15. The summed E-state index contributed by atoms with van der Waals surface area (Å²) < 4.78 is 27.4. The van der Waals surface area contributed by atoms with Gasteiger partial charge in [0, 0.05) is 17.8 Å². The summed E-state index contributed by atoms with van der Waals surface area (Å²) in [7, 11) is 0. The molecule has 0 saturated heterocycles. The molecule has 0 bridgehead atoms. The van der Waals surface area contributed by atoms with Gasteiger partial charge in [-0.15, -0.1) is 10.2 Å². The molecule has 0 radical (unpaired) electrons. The normalized spacial score (nSPS) is 13.1. The molecule has 3 aromatic rings. The monoisotopic (exact) mass is 456 g/mol. The van der Waals surface area contributed by atoms with Gasteiger partial charge in [0.2, 0.25) is 5.91 Å². The zero-order chi connectivity index (χ0) is 22.5. The van der Waals surface area contributed by atoms with Gasteiger partial charge in [-0.2, -0.15) is 0 Å². The third-order valence-electron chi connectivity index (χ3n) is 4.85. The molecular formula is C23H25FN4O3S. The Bertz CT molecular complexity index is 1100. The van der Waals surface area contributed by atoms with Crippen molar-refractivity contribution >= 4 is 23.4 Å². The average molecular weight is 457 g/mol. The van der Waals surface area contributed by atoms with Gasteiger partial charge >= 0.3 is 0 Å². The van der Waals surface area contributed by atoms with Crippen molar-refractivity contribution in [1.29, 1.82) is 0 Å². The third kappa shape index (κ3) is 5.04. The maximum atomic E-state index is 14.3. The fourth-order valence-corrected chi connectivity index (χ4v) is 4.13. The van der Waals surface area contributed by atoms with E-state index in [0.717, 1.165) is 12.8 Å². The molecule has 0 atom stereocenters. The highest BCUT2D eigenvalue weighted by Crippen LogP contribution is 2.41. The number of nitrogens with one attached hydrogen (secondary N) is 1. The Kier molecular flexibility index (Phi) is 6.94. The summed E-state index contributed by atoms with van der Waals surface area (Å²) in [6, 6.07) is 12.1. The standard InChI is InChI=1S/C23H25FN4O3S/c1-3-30-19-12-9-15(13-20(19)31-4-2)25-21(29)14-32-23-27-26-22(28(23)16-10-11-16)17-7-5-6-8-18(17)24/h5-9,12-13,16H,3-4,10-11,14H2,1-2H3,(H,25,29). The molecule has 32 heavy (non-hydrogen) atoms. The van der Waals surface area contributed by atoms with Crippen LogP contribution in [0.3, 0.4) is 0 Å². The van der Waals surface area contributed by atoms with E-state index in [-0.39, 0.29) is 23.5 Å². The number of benzene rings is 2. The van der Waals surface area contributed by atoms with Gasteiger partial charge in [-0.1, -0.05) is 23.9 Å². The molecule has 168 valence electrons. The first kappa shape index (κ1) is 22.1. The summed E-state index contributed by atoms with van der Waals surface area (Å²) in [5, 5.41) is 11.9. The van der Waals surface area contributed by atoms with Gasteiger partial charge in [-0.3, -0.25) is 9.36 Å². The van der Waals surface area contributed by atoms with Crippen molar-refractivity contribution in [3.63, 3.8) is 0 Å².